The highest BCUT2D eigenvalue weighted by Crippen LogP contribution is 2.25. The van der Waals surface area contributed by atoms with Gasteiger partial charge in [-0.1, -0.05) is 6.07 Å². The molecule has 1 fully saturated rings. The molecule has 1 aliphatic rings. The highest BCUT2D eigenvalue weighted by atomic mass is 32.1. The Morgan fingerprint density at radius 1 is 1.46 bits per heavy atom. The quantitative estimate of drug-likeness (QED) is 0.890. The third-order valence-electron chi connectivity index (χ3n) is 3.66. The summed E-state index contributed by atoms with van der Waals surface area (Å²) >= 11 is 1.36. The van der Waals surface area contributed by atoms with Gasteiger partial charge in [0.2, 0.25) is 5.91 Å². The van der Waals surface area contributed by atoms with E-state index in [9.17, 15) is 9.59 Å². The number of carbonyl (C=O) groups is 2. The molecule has 0 radical (unpaired) electrons. The zero-order valence-corrected chi connectivity index (χ0v) is 14.2. The molecule has 1 aliphatic heterocycles. The first-order valence-corrected chi connectivity index (χ1v) is 8.37. The lowest BCUT2D eigenvalue weighted by atomic mass is 10.2. The van der Waals surface area contributed by atoms with Crippen LogP contribution in [0, 0.1) is 6.92 Å². The van der Waals surface area contributed by atoms with Crippen LogP contribution in [0.1, 0.15) is 12.1 Å². The van der Waals surface area contributed by atoms with Crippen LogP contribution in [0.4, 0.5) is 15.6 Å². The number of hydrogen-bond acceptors (Lipinski definition) is 5. The van der Waals surface area contributed by atoms with Crippen molar-refractivity contribution in [3.8, 4) is 5.75 Å². The Morgan fingerprint density at radius 2 is 2.29 bits per heavy atom. The van der Waals surface area contributed by atoms with Crippen molar-refractivity contribution in [1.29, 1.82) is 0 Å². The first-order chi connectivity index (χ1) is 11.5. The second-order valence-corrected chi connectivity index (χ2v) is 6.36. The van der Waals surface area contributed by atoms with Crippen LogP contribution in [-0.2, 0) is 4.79 Å². The molecule has 1 atom stereocenters. The molecule has 1 aromatic carbocycles. The van der Waals surface area contributed by atoms with Gasteiger partial charge in [0.1, 0.15) is 5.75 Å². The van der Waals surface area contributed by atoms with Gasteiger partial charge < -0.3 is 15.0 Å². The van der Waals surface area contributed by atoms with Crippen molar-refractivity contribution in [3.05, 3.63) is 35.3 Å². The molecule has 2 aromatic rings. The van der Waals surface area contributed by atoms with E-state index in [0.29, 0.717) is 17.4 Å². The Hall–Kier alpha value is -2.61. The van der Waals surface area contributed by atoms with Gasteiger partial charge in [0, 0.05) is 30.1 Å². The van der Waals surface area contributed by atoms with Gasteiger partial charge in [0.15, 0.2) is 5.13 Å². The summed E-state index contributed by atoms with van der Waals surface area (Å²) in [4.78, 5) is 30.1. The number of anilines is 2. The Kier molecular flexibility index (Phi) is 4.66. The first kappa shape index (κ1) is 16.3. The van der Waals surface area contributed by atoms with E-state index >= 15 is 0 Å². The SMILES string of the molecule is COc1cccc(N2C[C@@H](NC(=O)Nc3nc(C)cs3)CC2=O)c1. The van der Waals surface area contributed by atoms with Crippen LogP contribution in [0.5, 0.6) is 5.75 Å². The van der Waals surface area contributed by atoms with Crippen molar-refractivity contribution >= 4 is 34.1 Å². The molecular formula is C16H18N4O3S. The fraction of sp³-hybridized carbons (Fsp3) is 0.312. The number of aromatic nitrogens is 1. The number of thiazole rings is 1. The van der Waals surface area contributed by atoms with Crippen LogP contribution in [-0.4, -0.2) is 36.6 Å². The molecule has 0 bridgehead atoms. The van der Waals surface area contributed by atoms with E-state index in [1.54, 1.807) is 18.1 Å². The predicted molar refractivity (Wildman–Crippen MR) is 92.8 cm³/mol. The summed E-state index contributed by atoms with van der Waals surface area (Å²) in [5, 5.41) is 7.90. The van der Waals surface area contributed by atoms with Gasteiger partial charge in [-0.3, -0.25) is 10.1 Å². The van der Waals surface area contributed by atoms with Crippen molar-refractivity contribution in [3.63, 3.8) is 0 Å². The van der Waals surface area contributed by atoms with E-state index in [4.69, 9.17) is 4.74 Å². The van der Waals surface area contributed by atoms with Gasteiger partial charge in [-0.25, -0.2) is 9.78 Å². The Labute approximate surface area is 143 Å². The molecule has 3 amide bonds. The molecule has 0 aliphatic carbocycles. The Balaban J connectivity index is 1.60. The van der Waals surface area contributed by atoms with Crippen LogP contribution in [0.2, 0.25) is 0 Å². The molecule has 8 heteroatoms. The van der Waals surface area contributed by atoms with Gasteiger partial charge in [-0.2, -0.15) is 0 Å². The zero-order chi connectivity index (χ0) is 17.1. The minimum absolute atomic E-state index is 0.0290. The monoisotopic (exact) mass is 346 g/mol. The second-order valence-electron chi connectivity index (χ2n) is 5.50. The average molecular weight is 346 g/mol. The van der Waals surface area contributed by atoms with E-state index in [-0.39, 0.29) is 24.4 Å². The molecule has 24 heavy (non-hydrogen) atoms. The van der Waals surface area contributed by atoms with Crippen LogP contribution in [0.15, 0.2) is 29.6 Å². The largest absolute Gasteiger partial charge is 0.497 e. The lowest BCUT2D eigenvalue weighted by Gasteiger charge is -2.18. The summed E-state index contributed by atoms with van der Waals surface area (Å²) in [6.07, 6.45) is 0.265. The standard InChI is InChI=1S/C16H18N4O3S/c1-10-9-24-16(17-10)19-15(22)18-11-6-14(21)20(8-11)12-4-3-5-13(7-12)23-2/h3-5,7,9,11H,6,8H2,1-2H3,(H2,17,18,19,22)/t11-/m0/s1. The molecule has 126 valence electrons. The summed E-state index contributed by atoms with van der Waals surface area (Å²) in [7, 11) is 1.58. The molecule has 0 unspecified atom stereocenters. The molecule has 3 rings (SSSR count). The van der Waals surface area contributed by atoms with Crippen molar-refractivity contribution in [2.75, 3.05) is 23.9 Å². The molecule has 0 spiro atoms. The van der Waals surface area contributed by atoms with E-state index in [2.05, 4.69) is 15.6 Å². The maximum absolute atomic E-state index is 12.2. The van der Waals surface area contributed by atoms with Gasteiger partial charge in [0.25, 0.3) is 0 Å². The number of nitrogens with zero attached hydrogens (tertiary/aromatic N) is 2. The zero-order valence-electron chi connectivity index (χ0n) is 13.4. The number of amides is 3. The third kappa shape index (κ3) is 3.65. The summed E-state index contributed by atoms with van der Waals surface area (Å²) in [6, 6.07) is 6.71. The lowest BCUT2D eigenvalue weighted by Crippen LogP contribution is -2.39. The van der Waals surface area contributed by atoms with Gasteiger partial charge in [-0.15, -0.1) is 11.3 Å². The molecular weight excluding hydrogens is 328 g/mol. The highest BCUT2D eigenvalue weighted by Gasteiger charge is 2.31. The lowest BCUT2D eigenvalue weighted by molar-refractivity contribution is -0.117. The number of urea groups is 1. The van der Waals surface area contributed by atoms with Gasteiger partial charge >= 0.3 is 6.03 Å². The first-order valence-electron chi connectivity index (χ1n) is 7.49. The normalized spacial score (nSPS) is 17.0. The summed E-state index contributed by atoms with van der Waals surface area (Å²) < 4.78 is 5.19. The van der Waals surface area contributed by atoms with Crippen LogP contribution < -0.4 is 20.3 Å². The van der Waals surface area contributed by atoms with Gasteiger partial charge in [0.05, 0.1) is 18.8 Å². The number of ether oxygens (including phenoxy) is 1. The summed E-state index contributed by atoms with van der Waals surface area (Å²) in [6.45, 7) is 2.29. The number of nitrogens with one attached hydrogen (secondary N) is 2. The Bertz CT molecular complexity index is 761. The number of benzene rings is 1. The van der Waals surface area contributed by atoms with Crippen molar-refractivity contribution in [2.24, 2.45) is 0 Å². The van der Waals surface area contributed by atoms with Crippen LogP contribution in [0.3, 0.4) is 0 Å². The van der Waals surface area contributed by atoms with E-state index in [0.717, 1.165) is 11.4 Å². The molecule has 0 saturated carbocycles. The number of hydrogen-bond donors (Lipinski definition) is 2. The predicted octanol–water partition coefficient (Wildman–Crippen LogP) is 2.39. The van der Waals surface area contributed by atoms with Crippen LogP contribution in [0.25, 0.3) is 0 Å². The van der Waals surface area contributed by atoms with Crippen LogP contribution >= 0.6 is 11.3 Å². The minimum Gasteiger partial charge on any atom is -0.497 e. The highest BCUT2D eigenvalue weighted by molar-refractivity contribution is 7.13. The molecule has 2 heterocycles. The molecule has 7 nitrogen and oxygen atoms in total. The number of rotatable bonds is 4. The van der Waals surface area contributed by atoms with Crippen molar-refractivity contribution in [1.82, 2.24) is 10.3 Å². The number of aryl methyl sites for hydroxylation is 1. The summed E-state index contributed by atoms with van der Waals surface area (Å²) in [5.74, 6) is 0.659. The Morgan fingerprint density at radius 3 is 3.00 bits per heavy atom. The topological polar surface area (TPSA) is 83.6 Å². The summed E-state index contributed by atoms with van der Waals surface area (Å²) in [5.41, 5.74) is 1.62. The maximum Gasteiger partial charge on any atom is 0.321 e. The van der Waals surface area contributed by atoms with Crippen molar-refractivity contribution < 1.29 is 14.3 Å². The van der Waals surface area contributed by atoms with E-state index in [1.165, 1.54) is 11.3 Å². The number of carbonyl (C=O) groups excluding carboxylic acids is 2. The smallest absolute Gasteiger partial charge is 0.321 e. The second kappa shape index (κ2) is 6.88. The molecule has 1 aromatic heterocycles. The van der Waals surface area contributed by atoms with E-state index in [1.807, 2.05) is 30.5 Å². The fourth-order valence-electron chi connectivity index (χ4n) is 2.56. The molecule has 2 N–H and O–H groups in total. The fourth-order valence-corrected chi connectivity index (χ4v) is 3.25. The number of methoxy groups -OCH3 is 1. The average Bonchev–Trinajstić information content (AvgIpc) is 3.12. The third-order valence-corrected chi connectivity index (χ3v) is 4.54. The van der Waals surface area contributed by atoms with E-state index < -0.39 is 0 Å². The minimum atomic E-state index is -0.352. The van der Waals surface area contributed by atoms with Crippen molar-refractivity contribution in [2.45, 2.75) is 19.4 Å². The molecule has 1 saturated heterocycles. The van der Waals surface area contributed by atoms with Gasteiger partial charge in [-0.05, 0) is 19.1 Å². The maximum atomic E-state index is 12.2.